The van der Waals surface area contributed by atoms with E-state index in [1.165, 1.54) is 51.4 Å². The molecule has 0 radical (unpaired) electrons. The maximum atomic E-state index is 12.3. The molecule has 0 amide bonds. The van der Waals surface area contributed by atoms with Crippen LogP contribution >= 0.6 is 0 Å². The third-order valence-electron chi connectivity index (χ3n) is 3.44. The van der Waals surface area contributed by atoms with Crippen molar-refractivity contribution in [2.75, 3.05) is 13.3 Å². The van der Waals surface area contributed by atoms with Crippen LogP contribution in [0.5, 0.6) is 0 Å². The van der Waals surface area contributed by atoms with E-state index < -0.39 is 0 Å². The fourth-order valence-corrected chi connectivity index (χ4v) is 2.27. The molecule has 0 aromatic heterocycles. The standard InChI is InChI=1S/C15H28FNO/c1-2-3-4-5-6-7-8-9-10-11-15-17-14(12-16)13-18-15/h14H,2-13H2,1H3. The van der Waals surface area contributed by atoms with E-state index in [4.69, 9.17) is 4.74 Å². The number of hydrogen-bond donors (Lipinski definition) is 0. The van der Waals surface area contributed by atoms with Crippen LogP contribution < -0.4 is 0 Å². The Morgan fingerprint density at radius 2 is 1.67 bits per heavy atom. The van der Waals surface area contributed by atoms with Crippen LogP contribution in [0.3, 0.4) is 0 Å². The lowest BCUT2D eigenvalue weighted by molar-refractivity contribution is 0.285. The molecule has 0 N–H and O–H groups in total. The zero-order chi connectivity index (χ0) is 13.1. The summed E-state index contributed by atoms with van der Waals surface area (Å²) in [6.07, 6.45) is 12.8. The Bertz CT molecular complexity index is 231. The van der Waals surface area contributed by atoms with Crippen LogP contribution in [0, 0.1) is 0 Å². The summed E-state index contributed by atoms with van der Waals surface area (Å²) < 4.78 is 17.6. The van der Waals surface area contributed by atoms with Crippen LogP contribution in [-0.2, 0) is 4.74 Å². The minimum absolute atomic E-state index is 0.224. The summed E-state index contributed by atoms with van der Waals surface area (Å²) in [5, 5.41) is 0. The molecule has 1 rings (SSSR count). The van der Waals surface area contributed by atoms with Gasteiger partial charge in [-0.1, -0.05) is 58.3 Å². The van der Waals surface area contributed by atoms with Gasteiger partial charge in [0.05, 0.1) is 0 Å². The molecular formula is C15H28FNO. The first-order chi connectivity index (χ1) is 8.86. The number of aliphatic imine (C=N–C) groups is 1. The topological polar surface area (TPSA) is 21.6 Å². The molecule has 0 aromatic rings. The quantitative estimate of drug-likeness (QED) is 0.493. The average Bonchev–Trinajstić information content (AvgIpc) is 2.85. The van der Waals surface area contributed by atoms with E-state index in [9.17, 15) is 4.39 Å². The fraction of sp³-hybridized carbons (Fsp3) is 0.933. The summed E-state index contributed by atoms with van der Waals surface area (Å²) in [5.74, 6) is 0.778. The largest absolute Gasteiger partial charge is 0.479 e. The van der Waals surface area contributed by atoms with E-state index in [0.717, 1.165) is 18.7 Å². The molecule has 1 atom stereocenters. The highest BCUT2D eigenvalue weighted by Gasteiger charge is 2.17. The predicted octanol–water partition coefficient (Wildman–Crippen LogP) is 4.67. The number of alkyl halides is 1. The Labute approximate surface area is 111 Å². The molecule has 0 aromatic carbocycles. The van der Waals surface area contributed by atoms with Crippen molar-refractivity contribution in [2.45, 2.75) is 77.2 Å². The molecule has 0 fully saturated rings. The van der Waals surface area contributed by atoms with Crippen molar-refractivity contribution in [3.8, 4) is 0 Å². The minimum Gasteiger partial charge on any atom is -0.479 e. The first kappa shape index (κ1) is 15.5. The van der Waals surface area contributed by atoms with Gasteiger partial charge >= 0.3 is 0 Å². The van der Waals surface area contributed by atoms with Gasteiger partial charge in [-0.3, -0.25) is 0 Å². The SMILES string of the molecule is CCCCCCCCCCCC1=NC(CF)CO1. The van der Waals surface area contributed by atoms with Crippen LogP contribution in [0.1, 0.15) is 71.1 Å². The maximum Gasteiger partial charge on any atom is 0.183 e. The van der Waals surface area contributed by atoms with Gasteiger partial charge < -0.3 is 4.74 Å². The van der Waals surface area contributed by atoms with Crippen molar-refractivity contribution >= 4 is 5.90 Å². The van der Waals surface area contributed by atoms with Crippen LogP contribution in [0.4, 0.5) is 4.39 Å². The molecule has 0 spiro atoms. The summed E-state index contributed by atoms with van der Waals surface area (Å²) in [7, 11) is 0. The lowest BCUT2D eigenvalue weighted by Gasteiger charge is -2.02. The van der Waals surface area contributed by atoms with Gasteiger partial charge in [0, 0.05) is 6.42 Å². The molecule has 1 unspecified atom stereocenters. The van der Waals surface area contributed by atoms with Crippen molar-refractivity contribution < 1.29 is 9.13 Å². The average molecular weight is 257 g/mol. The lowest BCUT2D eigenvalue weighted by Crippen LogP contribution is -2.07. The van der Waals surface area contributed by atoms with Crippen molar-refractivity contribution in [1.29, 1.82) is 0 Å². The fourth-order valence-electron chi connectivity index (χ4n) is 2.27. The van der Waals surface area contributed by atoms with Gasteiger partial charge in [0.2, 0.25) is 0 Å². The van der Waals surface area contributed by atoms with E-state index in [1.54, 1.807) is 0 Å². The van der Waals surface area contributed by atoms with Crippen molar-refractivity contribution in [2.24, 2.45) is 4.99 Å². The molecule has 1 heterocycles. The van der Waals surface area contributed by atoms with Crippen molar-refractivity contribution in [3.05, 3.63) is 0 Å². The zero-order valence-electron chi connectivity index (χ0n) is 11.8. The molecule has 0 aliphatic carbocycles. The summed E-state index contributed by atoms with van der Waals surface area (Å²) in [4.78, 5) is 4.19. The molecular weight excluding hydrogens is 229 g/mol. The number of rotatable bonds is 11. The normalized spacial score (nSPS) is 18.8. The Morgan fingerprint density at radius 1 is 1.06 bits per heavy atom. The summed E-state index contributed by atoms with van der Waals surface area (Å²) >= 11 is 0. The molecule has 106 valence electrons. The Hall–Kier alpha value is -0.600. The number of halogens is 1. The first-order valence-corrected chi connectivity index (χ1v) is 7.62. The second-order valence-electron chi connectivity index (χ2n) is 5.22. The highest BCUT2D eigenvalue weighted by molar-refractivity contribution is 5.77. The molecule has 3 heteroatoms. The second kappa shape index (κ2) is 10.3. The van der Waals surface area contributed by atoms with Crippen LogP contribution in [0.2, 0.25) is 0 Å². The van der Waals surface area contributed by atoms with Gasteiger partial charge in [0.1, 0.15) is 19.3 Å². The molecule has 2 nitrogen and oxygen atoms in total. The maximum absolute atomic E-state index is 12.3. The van der Waals surface area contributed by atoms with E-state index in [1.807, 2.05) is 0 Å². The van der Waals surface area contributed by atoms with E-state index in [-0.39, 0.29) is 12.7 Å². The third kappa shape index (κ3) is 6.97. The van der Waals surface area contributed by atoms with Gasteiger partial charge in [-0.05, 0) is 6.42 Å². The van der Waals surface area contributed by atoms with Crippen molar-refractivity contribution in [1.82, 2.24) is 0 Å². The molecule has 1 aliphatic rings. The van der Waals surface area contributed by atoms with Crippen LogP contribution in [-0.4, -0.2) is 25.2 Å². The van der Waals surface area contributed by atoms with Gasteiger partial charge in [0.25, 0.3) is 0 Å². The van der Waals surface area contributed by atoms with Gasteiger partial charge in [0.15, 0.2) is 5.90 Å². The van der Waals surface area contributed by atoms with E-state index >= 15 is 0 Å². The second-order valence-corrected chi connectivity index (χ2v) is 5.22. The molecule has 0 saturated carbocycles. The first-order valence-electron chi connectivity index (χ1n) is 7.62. The van der Waals surface area contributed by atoms with E-state index in [0.29, 0.717) is 6.61 Å². The highest BCUT2D eigenvalue weighted by Crippen LogP contribution is 2.13. The van der Waals surface area contributed by atoms with Gasteiger partial charge in [-0.25, -0.2) is 9.38 Å². The van der Waals surface area contributed by atoms with Crippen molar-refractivity contribution in [3.63, 3.8) is 0 Å². The third-order valence-corrected chi connectivity index (χ3v) is 3.44. The summed E-state index contributed by atoms with van der Waals surface area (Å²) in [5.41, 5.74) is 0. The van der Waals surface area contributed by atoms with Gasteiger partial charge in [-0.2, -0.15) is 0 Å². The number of hydrogen-bond acceptors (Lipinski definition) is 2. The number of unbranched alkanes of at least 4 members (excludes halogenated alkanes) is 8. The highest BCUT2D eigenvalue weighted by atomic mass is 19.1. The molecule has 1 aliphatic heterocycles. The molecule has 0 saturated heterocycles. The summed E-state index contributed by atoms with van der Waals surface area (Å²) in [6.45, 7) is 2.31. The number of ether oxygens (including phenoxy) is 1. The van der Waals surface area contributed by atoms with Crippen LogP contribution in [0.15, 0.2) is 4.99 Å². The van der Waals surface area contributed by atoms with Crippen LogP contribution in [0.25, 0.3) is 0 Å². The Kier molecular flexibility index (Phi) is 8.87. The zero-order valence-corrected chi connectivity index (χ0v) is 11.8. The Morgan fingerprint density at radius 3 is 2.22 bits per heavy atom. The smallest absolute Gasteiger partial charge is 0.183 e. The Balaban J connectivity index is 1.84. The monoisotopic (exact) mass is 257 g/mol. The van der Waals surface area contributed by atoms with E-state index in [2.05, 4.69) is 11.9 Å². The van der Waals surface area contributed by atoms with Gasteiger partial charge in [-0.15, -0.1) is 0 Å². The minimum atomic E-state index is -0.388. The molecule has 18 heavy (non-hydrogen) atoms. The predicted molar refractivity (Wildman–Crippen MR) is 75.0 cm³/mol. The number of nitrogens with zero attached hydrogens (tertiary/aromatic N) is 1. The molecule has 0 bridgehead atoms. The summed E-state index contributed by atoms with van der Waals surface area (Å²) in [6, 6.07) is -0.224. The lowest BCUT2D eigenvalue weighted by atomic mass is 10.1.